The highest BCUT2D eigenvalue weighted by molar-refractivity contribution is 5.86. The Morgan fingerprint density at radius 2 is 1.92 bits per heavy atom. The normalized spacial score (nSPS) is 11.9. The van der Waals surface area contributed by atoms with E-state index in [0.29, 0.717) is 16.6 Å². The molecule has 0 unspecified atom stereocenters. The maximum Gasteiger partial charge on any atom is 0.269 e. The molecule has 0 saturated carbocycles. The highest BCUT2D eigenvalue weighted by Crippen LogP contribution is 2.34. The summed E-state index contributed by atoms with van der Waals surface area (Å²) in [5.74, 6) is -0.320. The van der Waals surface area contributed by atoms with Crippen molar-refractivity contribution in [1.29, 1.82) is 0 Å². The number of aromatic hydroxyl groups is 1. The van der Waals surface area contributed by atoms with Crippen molar-refractivity contribution in [3.05, 3.63) is 76.0 Å². The highest BCUT2D eigenvalue weighted by Gasteiger charge is 2.21. The Morgan fingerprint density at radius 1 is 1.20 bits per heavy atom. The number of nitrogens with one attached hydrogen (secondary N) is 1. The smallest absolute Gasteiger partial charge is 0.269 e. The first-order valence-corrected chi connectivity index (χ1v) is 7.55. The van der Waals surface area contributed by atoms with E-state index in [9.17, 15) is 20.0 Å². The van der Waals surface area contributed by atoms with Crippen LogP contribution >= 0.6 is 0 Å². The summed E-state index contributed by atoms with van der Waals surface area (Å²) < 4.78 is 0. The van der Waals surface area contributed by atoms with Crippen LogP contribution in [0.25, 0.3) is 10.9 Å². The molecule has 1 heterocycles. The zero-order valence-corrected chi connectivity index (χ0v) is 13.3. The first kappa shape index (κ1) is 16.4. The second-order valence-corrected chi connectivity index (χ2v) is 5.56. The number of phenolic OH excluding ortho intramolecular Hbond substituents is 1. The minimum Gasteiger partial charge on any atom is -0.505 e. The van der Waals surface area contributed by atoms with Gasteiger partial charge in [0.15, 0.2) is 0 Å². The van der Waals surface area contributed by atoms with E-state index in [0.717, 1.165) is 5.39 Å². The van der Waals surface area contributed by atoms with Gasteiger partial charge in [-0.2, -0.15) is 0 Å². The van der Waals surface area contributed by atoms with Gasteiger partial charge in [0.2, 0.25) is 5.91 Å². The largest absolute Gasteiger partial charge is 0.505 e. The van der Waals surface area contributed by atoms with Gasteiger partial charge >= 0.3 is 0 Å². The van der Waals surface area contributed by atoms with E-state index in [1.807, 2.05) is 6.07 Å². The van der Waals surface area contributed by atoms with Gasteiger partial charge in [0.1, 0.15) is 11.3 Å². The molecule has 2 N–H and O–H groups in total. The summed E-state index contributed by atoms with van der Waals surface area (Å²) in [5, 5.41) is 25.0. The first-order chi connectivity index (χ1) is 12.0. The van der Waals surface area contributed by atoms with E-state index in [1.54, 1.807) is 36.5 Å². The van der Waals surface area contributed by atoms with E-state index in [1.165, 1.54) is 19.1 Å². The monoisotopic (exact) mass is 337 g/mol. The molecule has 7 heteroatoms. The van der Waals surface area contributed by atoms with Crippen molar-refractivity contribution < 1.29 is 14.8 Å². The van der Waals surface area contributed by atoms with Crippen molar-refractivity contribution in [3.8, 4) is 5.75 Å². The van der Waals surface area contributed by atoms with Crippen LogP contribution in [-0.4, -0.2) is 20.9 Å². The van der Waals surface area contributed by atoms with Gasteiger partial charge in [-0.05, 0) is 23.8 Å². The predicted octanol–water partition coefficient (Wildman–Crippen LogP) is 3.07. The van der Waals surface area contributed by atoms with E-state index >= 15 is 0 Å². The van der Waals surface area contributed by atoms with Crippen LogP contribution in [0.15, 0.2) is 54.7 Å². The molecule has 0 aliphatic heterocycles. The zero-order valence-electron chi connectivity index (χ0n) is 13.3. The highest BCUT2D eigenvalue weighted by atomic mass is 16.6. The summed E-state index contributed by atoms with van der Waals surface area (Å²) in [6.45, 7) is 1.37. The lowest BCUT2D eigenvalue weighted by atomic mass is 9.96. The molecule has 1 amide bonds. The second-order valence-electron chi connectivity index (χ2n) is 5.56. The summed E-state index contributed by atoms with van der Waals surface area (Å²) in [5.41, 5.74) is 1.47. The summed E-state index contributed by atoms with van der Waals surface area (Å²) in [6.07, 6.45) is 1.57. The predicted molar refractivity (Wildman–Crippen MR) is 92.2 cm³/mol. The number of rotatable bonds is 4. The Hall–Kier alpha value is -3.48. The number of nitro benzene ring substituents is 1. The number of pyridine rings is 1. The Bertz CT molecular complexity index is 954. The van der Waals surface area contributed by atoms with Gasteiger partial charge in [-0.25, -0.2) is 0 Å². The molecule has 0 aliphatic carbocycles. The van der Waals surface area contributed by atoms with E-state index in [4.69, 9.17) is 0 Å². The number of phenols is 1. The Morgan fingerprint density at radius 3 is 2.56 bits per heavy atom. The Kier molecular flexibility index (Phi) is 4.30. The van der Waals surface area contributed by atoms with Crippen LogP contribution in [0.4, 0.5) is 5.69 Å². The van der Waals surface area contributed by atoms with Crippen LogP contribution < -0.4 is 5.32 Å². The molecule has 0 spiro atoms. The Balaban J connectivity index is 2.11. The third-order valence-electron chi connectivity index (χ3n) is 3.87. The van der Waals surface area contributed by atoms with Gasteiger partial charge in [0, 0.05) is 36.2 Å². The van der Waals surface area contributed by atoms with Crippen molar-refractivity contribution in [2.75, 3.05) is 0 Å². The molecule has 0 bridgehead atoms. The molecule has 0 saturated heterocycles. The number of carbonyl (C=O) groups excluding carboxylic acids is 1. The number of amides is 1. The SMILES string of the molecule is CC(=O)N[C@H](c1ccc([N+](=O)[O-])cc1)c1ccc2cccnc2c1O. The van der Waals surface area contributed by atoms with Crippen LogP contribution in [-0.2, 0) is 4.79 Å². The van der Waals surface area contributed by atoms with Gasteiger partial charge in [0.05, 0.1) is 11.0 Å². The lowest BCUT2D eigenvalue weighted by Crippen LogP contribution is -2.27. The molecular formula is C18H15N3O4. The number of aromatic nitrogens is 1. The number of non-ortho nitro benzene ring substituents is 1. The van der Waals surface area contributed by atoms with Gasteiger partial charge in [0.25, 0.3) is 5.69 Å². The van der Waals surface area contributed by atoms with Crippen molar-refractivity contribution in [3.63, 3.8) is 0 Å². The molecule has 0 fully saturated rings. The average Bonchev–Trinajstić information content (AvgIpc) is 2.60. The number of nitrogens with zero attached hydrogens (tertiary/aromatic N) is 2. The molecule has 0 aliphatic rings. The summed E-state index contributed by atoms with van der Waals surface area (Å²) >= 11 is 0. The number of hydrogen-bond donors (Lipinski definition) is 2. The topological polar surface area (TPSA) is 105 Å². The van der Waals surface area contributed by atoms with E-state index < -0.39 is 11.0 Å². The van der Waals surface area contributed by atoms with Crippen LogP contribution in [0.1, 0.15) is 24.1 Å². The average molecular weight is 337 g/mol. The minimum absolute atomic E-state index is 0.0322. The maximum atomic E-state index is 11.6. The molecule has 0 radical (unpaired) electrons. The molecule has 3 rings (SSSR count). The van der Waals surface area contributed by atoms with Gasteiger partial charge in [-0.3, -0.25) is 19.9 Å². The van der Waals surface area contributed by atoms with Gasteiger partial charge in [-0.15, -0.1) is 0 Å². The number of benzene rings is 2. The van der Waals surface area contributed by atoms with Crippen molar-refractivity contribution in [1.82, 2.24) is 10.3 Å². The number of hydrogen-bond acceptors (Lipinski definition) is 5. The van der Waals surface area contributed by atoms with Crippen molar-refractivity contribution in [2.45, 2.75) is 13.0 Å². The fourth-order valence-electron chi connectivity index (χ4n) is 2.71. The van der Waals surface area contributed by atoms with Crippen LogP contribution in [0, 0.1) is 10.1 Å². The molecule has 2 aromatic carbocycles. The standard InChI is InChI=1S/C18H15N3O4/c1-11(22)20-16(13-4-7-14(8-5-13)21(24)25)15-9-6-12-3-2-10-19-17(12)18(15)23/h2-10,16,23H,1H3,(H,20,22)/t16-/m1/s1. The number of carbonyl (C=O) groups is 1. The molecule has 1 atom stereocenters. The minimum atomic E-state index is -0.648. The Labute approximate surface area is 143 Å². The van der Waals surface area contributed by atoms with E-state index in [-0.39, 0.29) is 17.3 Å². The lowest BCUT2D eigenvalue weighted by Gasteiger charge is -2.20. The van der Waals surface area contributed by atoms with Crippen LogP contribution in [0.3, 0.4) is 0 Å². The number of nitro groups is 1. The molecule has 1 aromatic heterocycles. The van der Waals surface area contributed by atoms with Crippen molar-refractivity contribution in [2.24, 2.45) is 0 Å². The summed E-state index contributed by atoms with van der Waals surface area (Å²) in [7, 11) is 0. The lowest BCUT2D eigenvalue weighted by molar-refractivity contribution is -0.384. The van der Waals surface area contributed by atoms with Gasteiger partial charge < -0.3 is 10.4 Å². The fraction of sp³-hybridized carbons (Fsp3) is 0.111. The summed E-state index contributed by atoms with van der Waals surface area (Å²) in [6, 6.07) is 12.3. The zero-order chi connectivity index (χ0) is 18.0. The molecular weight excluding hydrogens is 322 g/mol. The molecule has 126 valence electrons. The summed E-state index contributed by atoms with van der Waals surface area (Å²) in [4.78, 5) is 26.1. The third-order valence-corrected chi connectivity index (χ3v) is 3.87. The maximum absolute atomic E-state index is 11.6. The van der Waals surface area contributed by atoms with Gasteiger partial charge in [-0.1, -0.05) is 18.2 Å². The van der Waals surface area contributed by atoms with E-state index in [2.05, 4.69) is 10.3 Å². The second kappa shape index (κ2) is 6.56. The molecule has 25 heavy (non-hydrogen) atoms. The van der Waals surface area contributed by atoms with Crippen LogP contribution in [0.5, 0.6) is 5.75 Å². The van der Waals surface area contributed by atoms with Crippen molar-refractivity contribution >= 4 is 22.5 Å². The first-order valence-electron chi connectivity index (χ1n) is 7.55. The quantitative estimate of drug-likeness (QED) is 0.562. The third kappa shape index (κ3) is 3.25. The fourth-order valence-corrected chi connectivity index (χ4v) is 2.71. The number of fused-ring (bicyclic) bond motifs is 1. The molecule has 3 aromatic rings. The van der Waals surface area contributed by atoms with Crippen LogP contribution in [0.2, 0.25) is 0 Å². The molecule has 7 nitrogen and oxygen atoms in total.